The average Bonchev–Trinajstić information content (AvgIpc) is 3.34. The van der Waals surface area contributed by atoms with Crippen LogP contribution in [-0.4, -0.2) is 45.0 Å². The molecule has 1 aliphatic heterocycles. The second-order valence-corrected chi connectivity index (χ2v) is 6.64. The van der Waals surface area contributed by atoms with Gasteiger partial charge in [-0.2, -0.15) is 10.2 Å². The van der Waals surface area contributed by atoms with E-state index in [0.717, 1.165) is 43.1 Å². The van der Waals surface area contributed by atoms with Crippen LogP contribution in [0, 0.1) is 6.92 Å². The summed E-state index contributed by atoms with van der Waals surface area (Å²) in [4.78, 5) is 14.9. The molecule has 0 unspecified atom stereocenters. The lowest BCUT2D eigenvalue weighted by molar-refractivity contribution is 0.0931. The number of aromatic nitrogens is 4. The van der Waals surface area contributed by atoms with Crippen LogP contribution in [0.1, 0.15) is 28.9 Å². The molecule has 0 spiro atoms. The topological polar surface area (TPSA) is 78.8 Å². The average molecular weight is 350 g/mol. The molecule has 3 heterocycles. The van der Waals surface area contributed by atoms with Crippen molar-refractivity contribution in [1.82, 2.24) is 25.3 Å². The van der Waals surface area contributed by atoms with Gasteiger partial charge in [0.05, 0.1) is 5.69 Å². The first-order valence-corrected chi connectivity index (χ1v) is 8.87. The first kappa shape index (κ1) is 16.4. The molecule has 7 heteroatoms. The van der Waals surface area contributed by atoms with Crippen molar-refractivity contribution >= 4 is 11.7 Å². The summed E-state index contributed by atoms with van der Waals surface area (Å²) in [5, 5.41) is 14.7. The molecule has 0 radical (unpaired) electrons. The van der Waals surface area contributed by atoms with Gasteiger partial charge in [0.15, 0.2) is 5.82 Å². The predicted molar refractivity (Wildman–Crippen MR) is 99.6 cm³/mol. The molecule has 1 fully saturated rings. The van der Waals surface area contributed by atoms with Gasteiger partial charge in [0.1, 0.15) is 0 Å². The van der Waals surface area contributed by atoms with E-state index in [2.05, 4.69) is 31.6 Å². The van der Waals surface area contributed by atoms with Crippen LogP contribution in [0.4, 0.5) is 5.82 Å². The highest BCUT2D eigenvalue weighted by Gasteiger charge is 2.22. The van der Waals surface area contributed by atoms with Crippen molar-refractivity contribution in [3.05, 3.63) is 60.0 Å². The SMILES string of the molecule is Cc1cc(N2CCC(NC(=O)c3cccc(-n4cccn4)c3)CC2)n[nH]1. The Balaban J connectivity index is 1.36. The Labute approximate surface area is 152 Å². The van der Waals surface area contributed by atoms with Gasteiger partial charge in [0, 0.05) is 48.8 Å². The van der Waals surface area contributed by atoms with Crippen molar-refractivity contribution in [2.24, 2.45) is 0 Å². The molecule has 7 nitrogen and oxygen atoms in total. The Bertz CT molecular complexity index is 877. The van der Waals surface area contributed by atoms with Crippen molar-refractivity contribution in [2.45, 2.75) is 25.8 Å². The van der Waals surface area contributed by atoms with Crippen LogP contribution in [0.25, 0.3) is 5.69 Å². The molecular weight excluding hydrogens is 328 g/mol. The number of aryl methyl sites for hydroxylation is 1. The summed E-state index contributed by atoms with van der Waals surface area (Å²) < 4.78 is 1.75. The van der Waals surface area contributed by atoms with Gasteiger partial charge in [0.2, 0.25) is 0 Å². The molecule has 26 heavy (non-hydrogen) atoms. The van der Waals surface area contributed by atoms with Crippen LogP contribution in [0.2, 0.25) is 0 Å². The molecule has 0 bridgehead atoms. The Morgan fingerprint density at radius 1 is 1.23 bits per heavy atom. The summed E-state index contributed by atoms with van der Waals surface area (Å²) in [7, 11) is 0. The number of H-pyrrole nitrogens is 1. The number of amides is 1. The lowest BCUT2D eigenvalue weighted by Crippen LogP contribution is -2.44. The minimum Gasteiger partial charge on any atom is -0.355 e. The molecule has 0 atom stereocenters. The van der Waals surface area contributed by atoms with E-state index in [1.807, 2.05) is 43.5 Å². The largest absolute Gasteiger partial charge is 0.355 e. The first-order valence-electron chi connectivity index (χ1n) is 8.87. The maximum absolute atomic E-state index is 12.6. The third kappa shape index (κ3) is 3.46. The minimum atomic E-state index is -0.0342. The summed E-state index contributed by atoms with van der Waals surface area (Å²) in [5.74, 6) is 0.951. The molecule has 1 aliphatic rings. The van der Waals surface area contributed by atoms with Gasteiger partial charge in [-0.25, -0.2) is 4.68 Å². The van der Waals surface area contributed by atoms with E-state index < -0.39 is 0 Å². The molecule has 1 amide bonds. The fourth-order valence-corrected chi connectivity index (χ4v) is 3.30. The number of rotatable bonds is 4. The van der Waals surface area contributed by atoms with E-state index in [4.69, 9.17) is 0 Å². The van der Waals surface area contributed by atoms with Gasteiger partial charge in [-0.15, -0.1) is 0 Å². The van der Waals surface area contributed by atoms with Crippen LogP contribution in [0.5, 0.6) is 0 Å². The number of carbonyl (C=O) groups is 1. The first-order chi connectivity index (χ1) is 12.7. The fraction of sp³-hybridized carbons (Fsp3) is 0.316. The number of piperidine rings is 1. The molecule has 134 valence electrons. The quantitative estimate of drug-likeness (QED) is 0.757. The van der Waals surface area contributed by atoms with Crippen LogP contribution in [0.3, 0.4) is 0 Å². The Morgan fingerprint density at radius 2 is 2.08 bits per heavy atom. The number of aromatic amines is 1. The third-order valence-electron chi connectivity index (χ3n) is 4.72. The lowest BCUT2D eigenvalue weighted by atomic mass is 10.0. The van der Waals surface area contributed by atoms with Crippen molar-refractivity contribution in [3.8, 4) is 5.69 Å². The molecule has 1 aromatic carbocycles. The molecule has 4 rings (SSSR count). The monoisotopic (exact) mass is 350 g/mol. The number of carbonyl (C=O) groups excluding carboxylic acids is 1. The van der Waals surface area contributed by atoms with Crippen molar-refractivity contribution in [2.75, 3.05) is 18.0 Å². The zero-order chi connectivity index (χ0) is 17.9. The Kier molecular flexibility index (Phi) is 4.43. The van der Waals surface area contributed by atoms with E-state index in [1.165, 1.54) is 0 Å². The van der Waals surface area contributed by atoms with E-state index in [1.54, 1.807) is 10.9 Å². The van der Waals surface area contributed by atoms with Gasteiger partial charge >= 0.3 is 0 Å². The molecule has 0 aliphatic carbocycles. The number of benzene rings is 1. The zero-order valence-electron chi connectivity index (χ0n) is 14.7. The maximum atomic E-state index is 12.6. The minimum absolute atomic E-state index is 0.0342. The molecule has 2 aromatic heterocycles. The molecule has 0 saturated carbocycles. The van der Waals surface area contributed by atoms with Gasteiger partial charge in [-0.05, 0) is 44.0 Å². The summed E-state index contributed by atoms with van der Waals surface area (Å²) in [6.07, 6.45) is 5.41. The number of hydrogen-bond acceptors (Lipinski definition) is 4. The van der Waals surface area contributed by atoms with Gasteiger partial charge < -0.3 is 10.2 Å². The van der Waals surface area contributed by atoms with Crippen molar-refractivity contribution in [1.29, 1.82) is 0 Å². The molecule has 2 N–H and O–H groups in total. The predicted octanol–water partition coefficient (Wildman–Crippen LogP) is 2.30. The lowest BCUT2D eigenvalue weighted by Gasteiger charge is -2.32. The highest BCUT2D eigenvalue weighted by atomic mass is 16.1. The van der Waals surface area contributed by atoms with Crippen LogP contribution in [-0.2, 0) is 0 Å². The van der Waals surface area contributed by atoms with Gasteiger partial charge in [-0.3, -0.25) is 9.89 Å². The maximum Gasteiger partial charge on any atom is 0.251 e. The molecular formula is C19H22N6O. The highest BCUT2D eigenvalue weighted by molar-refractivity contribution is 5.94. The summed E-state index contributed by atoms with van der Waals surface area (Å²) in [5.41, 5.74) is 2.60. The number of hydrogen-bond donors (Lipinski definition) is 2. The van der Waals surface area contributed by atoms with Crippen molar-refractivity contribution in [3.63, 3.8) is 0 Å². The summed E-state index contributed by atoms with van der Waals surface area (Å²) in [6.45, 7) is 3.78. The summed E-state index contributed by atoms with van der Waals surface area (Å²) in [6, 6.07) is 11.6. The fourth-order valence-electron chi connectivity index (χ4n) is 3.30. The molecule has 3 aromatic rings. The standard InChI is InChI=1S/C19H22N6O/c1-14-12-18(23-22-14)24-10-6-16(7-11-24)21-19(26)15-4-2-5-17(13-15)25-9-3-8-20-25/h2-5,8-9,12-13,16H,6-7,10-11H2,1H3,(H,21,26)(H,22,23). The van der Waals surface area contributed by atoms with E-state index in [-0.39, 0.29) is 11.9 Å². The van der Waals surface area contributed by atoms with Crippen LogP contribution < -0.4 is 10.2 Å². The Morgan fingerprint density at radius 3 is 2.77 bits per heavy atom. The van der Waals surface area contributed by atoms with Crippen molar-refractivity contribution < 1.29 is 4.79 Å². The zero-order valence-corrected chi connectivity index (χ0v) is 14.7. The second-order valence-electron chi connectivity index (χ2n) is 6.64. The summed E-state index contributed by atoms with van der Waals surface area (Å²) >= 11 is 0. The normalized spacial score (nSPS) is 15.2. The Hall–Kier alpha value is -3.09. The van der Waals surface area contributed by atoms with E-state index in [0.29, 0.717) is 5.56 Å². The van der Waals surface area contributed by atoms with Gasteiger partial charge in [0.25, 0.3) is 5.91 Å². The van der Waals surface area contributed by atoms with Crippen LogP contribution in [0.15, 0.2) is 48.8 Å². The number of nitrogens with zero attached hydrogens (tertiary/aromatic N) is 4. The van der Waals surface area contributed by atoms with Gasteiger partial charge in [-0.1, -0.05) is 6.07 Å². The van der Waals surface area contributed by atoms with E-state index >= 15 is 0 Å². The second kappa shape index (κ2) is 7.03. The highest BCUT2D eigenvalue weighted by Crippen LogP contribution is 2.19. The molecule has 1 saturated heterocycles. The number of nitrogens with one attached hydrogen (secondary N) is 2. The van der Waals surface area contributed by atoms with Crippen LogP contribution >= 0.6 is 0 Å². The third-order valence-corrected chi connectivity index (χ3v) is 4.72. The smallest absolute Gasteiger partial charge is 0.251 e. The van der Waals surface area contributed by atoms with E-state index in [9.17, 15) is 4.79 Å². The number of anilines is 1.